The van der Waals surface area contributed by atoms with Crippen LogP contribution in [-0.4, -0.2) is 37.8 Å². The number of carbonyl (C=O) groups excluding carboxylic acids is 1. The van der Waals surface area contributed by atoms with E-state index in [1.165, 1.54) is 16.4 Å². The molecule has 0 aromatic heterocycles. The molecule has 1 aliphatic rings. The second kappa shape index (κ2) is 9.49. The third-order valence-electron chi connectivity index (χ3n) is 4.96. The van der Waals surface area contributed by atoms with Crippen LogP contribution in [-0.2, 0) is 10.0 Å². The molecule has 1 unspecified atom stereocenters. The number of benzene rings is 2. The molecule has 1 heterocycles. The fourth-order valence-corrected chi connectivity index (χ4v) is 5.37. The monoisotopic (exact) mass is 494 g/mol. The van der Waals surface area contributed by atoms with Crippen LogP contribution >= 0.6 is 15.9 Å². The molecule has 1 amide bonds. The number of sulfonamides is 1. The van der Waals surface area contributed by atoms with Gasteiger partial charge in [-0.15, -0.1) is 0 Å². The van der Waals surface area contributed by atoms with Crippen LogP contribution in [0.2, 0.25) is 0 Å². The Morgan fingerprint density at radius 2 is 1.80 bits per heavy atom. The quantitative estimate of drug-likeness (QED) is 0.614. The number of nitrogens with zero attached hydrogens (tertiary/aromatic N) is 1. The first-order valence-electron chi connectivity index (χ1n) is 10.1. The molecule has 0 radical (unpaired) electrons. The third-order valence-corrected chi connectivity index (χ3v) is 7.55. The molecule has 3 rings (SSSR count). The van der Waals surface area contributed by atoms with Crippen molar-refractivity contribution in [3.8, 4) is 5.75 Å². The Morgan fingerprint density at radius 3 is 2.47 bits per heavy atom. The van der Waals surface area contributed by atoms with E-state index in [1.807, 2.05) is 45.0 Å². The van der Waals surface area contributed by atoms with E-state index >= 15 is 0 Å². The predicted octanol–water partition coefficient (Wildman–Crippen LogP) is 4.51. The van der Waals surface area contributed by atoms with Crippen molar-refractivity contribution >= 4 is 31.9 Å². The minimum atomic E-state index is -3.59. The summed E-state index contributed by atoms with van der Waals surface area (Å²) in [5.74, 6) is 0.395. The Labute approximate surface area is 186 Å². The summed E-state index contributed by atoms with van der Waals surface area (Å²) in [6, 6.07) is 11.9. The smallest absolute Gasteiger partial charge is 0.252 e. The van der Waals surface area contributed by atoms with Gasteiger partial charge in [-0.3, -0.25) is 4.79 Å². The van der Waals surface area contributed by atoms with Crippen molar-refractivity contribution in [1.29, 1.82) is 0 Å². The lowest BCUT2D eigenvalue weighted by atomic mass is 10.1. The maximum Gasteiger partial charge on any atom is 0.252 e. The molecule has 30 heavy (non-hydrogen) atoms. The molecule has 6 nitrogen and oxygen atoms in total. The van der Waals surface area contributed by atoms with Gasteiger partial charge in [0.1, 0.15) is 5.75 Å². The zero-order valence-corrected chi connectivity index (χ0v) is 19.8. The van der Waals surface area contributed by atoms with Crippen LogP contribution < -0.4 is 10.1 Å². The molecule has 0 bridgehead atoms. The van der Waals surface area contributed by atoms with Crippen molar-refractivity contribution in [1.82, 2.24) is 9.62 Å². The Kier molecular flexibility index (Phi) is 7.21. The Balaban J connectivity index is 1.80. The first-order chi connectivity index (χ1) is 14.2. The molecule has 1 fully saturated rings. The number of nitrogens with one attached hydrogen (secondary N) is 1. The van der Waals surface area contributed by atoms with Gasteiger partial charge in [-0.1, -0.05) is 12.1 Å². The average Bonchev–Trinajstić information content (AvgIpc) is 3.23. The lowest BCUT2D eigenvalue weighted by Gasteiger charge is -2.18. The van der Waals surface area contributed by atoms with E-state index in [0.717, 1.165) is 24.2 Å². The van der Waals surface area contributed by atoms with Crippen LogP contribution in [0.4, 0.5) is 0 Å². The van der Waals surface area contributed by atoms with E-state index in [4.69, 9.17) is 4.74 Å². The van der Waals surface area contributed by atoms with E-state index in [9.17, 15) is 13.2 Å². The molecular formula is C22H27BrN2O4S. The summed E-state index contributed by atoms with van der Waals surface area (Å²) >= 11 is 3.38. The molecule has 1 aliphatic heterocycles. The number of carbonyl (C=O) groups is 1. The lowest BCUT2D eigenvalue weighted by molar-refractivity contribution is 0.0938. The van der Waals surface area contributed by atoms with E-state index in [0.29, 0.717) is 17.6 Å². The molecular weight excluding hydrogens is 468 g/mol. The maximum absolute atomic E-state index is 12.9. The van der Waals surface area contributed by atoms with Gasteiger partial charge in [-0.25, -0.2) is 8.42 Å². The van der Waals surface area contributed by atoms with Crippen molar-refractivity contribution in [2.75, 3.05) is 13.1 Å². The van der Waals surface area contributed by atoms with E-state index < -0.39 is 10.0 Å². The first kappa shape index (κ1) is 22.8. The van der Waals surface area contributed by atoms with Crippen LogP contribution in [0.1, 0.15) is 55.6 Å². The van der Waals surface area contributed by atoms with Crippen molar-refractivity contribution in [2.45, 2.75) is 50.7 Å². The first-order valence-corrected chi connectivity index (χ1v) is 12.3. The van der Waals surface area contributed by atoms with Crippen molar-refractivity contribution < 1.29 is 17.9 Å². The van der Waals surface area contributed by atoms with Crippen LogP contribution in [0.5, 0.6) is 5.75 Å². The minimum Gasteiger partial charge on any atom is -0.491 e. The highest BCUT2D eigenvalue weighted by atomic mass is 79.9. The van der Waals surface area contributed by atoms with Gasteiger partial charge < -0.3 is 10.1 Å². The van der Waals surface area contributed by atoms with E-state index in [1.54, 1.807) is 6.07 Å². The van der Waals surface area contributed by atoms with Crippen LogP contribution in [0.25, 0.3) is 0 Å². The van der Waals surface area contributed by atoms with Gasteiger partial charge in [-0.2, -0.15) is 4.31 Å². The fourth-order valence-electron chi connectivity index (χ4n) is 3.40. The third kappa shape index (κ3) is 5.22. The molecule has 2 aromatic rings. The normalized spacial score (nSPS) is 15.9. The molecule has 0 aliphatic carbocycles. The summed E-state index contributed by atoms with van der Waals surface area (Å²) in [4.78, 5) is 13.1. The molecule has 8 heteroatoms. The highest BCUT2D eigenvalue weighted by molar-refractivity contribution is 9.10. The summed E-state index contributed by atoms with van der Waals surface area (Å²) in [6.45, 7) is 6.83. The van der Waals surface area contributed by atoms with E-state index in [2.05, 4.69) is 21.2 Å². The van der Waals surface area contributed by atoms with Crippen molar-refractivity contribution in [3.05, 3.63) is 58.1 Å². The topological polar surface area (TPSA) is 75.7 Å². The van der Waals surface area contributed by atoms with Crippen molar-refractivity contribution in [3.63, 3.8) is 0 Å². The van der Waals surface area contributed by atoms with Crippen LogP contribution in [0.3, 0.4) is 0 Å². The summed E-state index contributed by atoms with van der Waals surface area (Å²) in [6.07, 6.45) is 1.78. The predicted molar refractivity (Wildman–Crippen MR) is 120 cm³/mol. The van der Waals surface area contributed by atoms with Gasteiger partial charge >= 0.3 is 0 Å². The molecule has 0 spiro atoms. The van der Waals surface area contributed by atoms with Gasteiger partial charge in [0.2, 0.25) is 10.0 Å². The number of halogens is 1. The summed E-state index contributed by atoms with van der Waals surface area (Å²) in [5, 5.41) is 2.95. The Morgan fingerprint density at radius 1 is 1.10 bits per heavy atom. The average molecular weight is 495 g/mol. The Bertz CT molecular complexity index is 1020. The zero-order valence-electron chi connectivity index (χ0n) is 17.4. The summed E-state index contributed by atoms with van der Waals surface area (Å²) in [5.41, 5.74) is 1.19. The second-order valence-electron chi connectivity index (χ2n) is 7.69. The molecule has 1 N–H and O–H groups in total. The largest absolute Gasteiger partial charge is 0.491 e. The standard InChI is InChI=1S/C22H27BrN2O4S/c1-15(2)29-18-8-6-7-17(13-18)16(3)24-22(26)20-14-19(9-10-21(20)23)30(27,28)25-11-4-5-12-25/h6-10,13-16H,4-5,11-12H2,1-3H3,(H,24,26). The van der Waals surface area contributed by atoms with Gasteiger partial charge in [0.25, 0.3) is 5.91 Å². The van der Waals surface area contributed by atoms with Gasteiger partial charge in [0.05, 0.1) is 22.6 Å². The SMILES string of the molecule is CC(C)Oc1cccc(C(C)NC(=O)c2cc(S(=O)(=O)N3CCCC3)ccc2Br)c1. The zero-order chi connectivity index (χ0) is 21.9. The fraction of sp³-hybridized carbons (Fsp3) is 0.409. The number of amides is 1. The van der Waals surface area contributed by atoms with E-state index in [-0.39, 0.29) is 28.5 Å². The highest BCUT2D eigenvalue weighted by Gasteiger charge is 2.28. The highest BCUT2D eigenvalue weighted by Crippen LogP contribution is 2.27. The lowest BCUT2D eigenvalue weighted by Crippen LogP contribution is -2.29. The van der Waals surface area contributed by atoms with Gasteiger partial charge in [0, 0.05) is 17.6 Å². The summed E-state index contributed by atoms with van der Waals surface area (Å²) < 4.78 is 33.5. The number of ether oxygens (including phenoxy) is 1. The van der Waals surface area contributed by atoms with Crippen molar-refractivity contribution in [2.24, 2.45) is 0 Å². The molecule has 162 valence electrons. The Hall–Kier alpha value is -1.90. The maximum atomic E-state index is 12.9. The number of hydrogen-bond donors (Lipinski definition) is 1. The molecule has 1 atom stereocenters. The molecule has 2 aromatic carbocycles. The van der Waals surface area contributed by atoms with Crippen LogP contribution in [0, 0.1) is 0 Å². The second-order valence-corrected chi connectivity index (χ2v) is 10.5. The molecule has 1 saturated heterocycles. The number of hydrogen-bond acceptors (Lipinski definition) is 4. The number of rotatable bonds is 7. The molecule has 0 saturated carbocycles. The van der Waals surface area contributed by atoms with Gasteiger partial charge in [-0.05, 0) is 85.4 Å². The van der Waals surface area contributed by atoms with Crippen LogP contribution in [0.15, 0.2) is 51.8 Å². The van der Waals surface area contributed by atoms with Gasteiger partial charge in [0.15, 0.2) is 0 Å². The minimum absolute atomic E-state index is 0.0569. The summed E-state index contributed by atoms with van der Waals surface area (Å²) in [7, 11) is -3.59.